The van der Waals surface area contributed by atoms with E-state index in [-0.39, 0.29) is 5.41 Å². The predicted molar refractivity (Wildman–Crippen MR) is 63.4 cm³/mol. The minimum absolute atomic E-state index is 0.284. The fourth-order valence-corrected chi connectivity index (χ4v) is 3.25. The average Bonchev–Trinajstić information content (AvgIpc) is 2.19. The number of benzene rings is 1. The molecule has 1 rings (SSSR count). The Kier molecular flexibility index (Phi) is 3.41. The van der Waals surface area contributed by atoms with Crippen molar-refractivity contribution in [2.75, 3.05) is 0 Å². The number of hydrogen-bond acceptors (Lipinski definition) is 1. The zero-order valence-corrected chi connectivity index (χ0v) is 9.95. The van der Waals surface area contributed by atoms with Crippen LogP contribution in [-0.4, -0.2) is 13.5 Å². The van der Waals surface area contributed by atoms with Crippen molar-refractivity contribution in [2.24, 2.45) is 0 Å². The van der Waals surface area contributed by atoms with Crippen LogP contribution in [0.1, 0.15) is 6.92 Å². The molecule has 74 valence electrons. The molecule has 0 aliphatic heterocycles. The van der Waals surface area contributed by atoms with Gasteiger partial charge in [0.1, 0.15) is 5.41 Å². The van der Waals surface area contributed by atoms with E-state index in [0.717, 1.165) is 0 Å². The molecule has 14 heavy (non-hydrogen) atoms. The Balaban J connectivity index is 3.02. The Hall–Kier alpha value is -1.15. The van der Waals surface area contributed by atoms with Gasteiger partial charge in [0.25, 0.3) is 0 Å². The van der Waals surface area contributed by atoms with E-state index in [2.05, 4.69) is 13.1 Å². The summed E-state index contributed by atoms with van der Waals surface area (Å²) in [5.74, 6) is 0. The number of hydrogen-bond donors (Lipinski definition) is 0. The van der Waals surface area contributed by atoms with E-state index in [1.807, 2.05) is 43.3 Å². The maximum absolute atomic E-state index is 11.8. The van der Waals surface area contributed by atoms with Crippen molar-refractivity contribution < 1.29 is 4.79 Å². The molecule has 1 aromatic rings. The van der Waals surface area contributed by atoms with Gasteiger partial charge in [-0.2, -0.15) is 0 Å². The highest BCUT2D eigenvalue weighted by molar-refractivity contribution is 7.14. The van der Waals surface area contributed by atoms with Crippen LogP contribution in [-0.2, 0) is 4.79 Å². The van der Waals surface area contributed by atoms with Crippen LogP contribution in [0.5, 0.6) is 0 Å². The molecule has 0 unspecified atom stereocenters. The smallest absolute Gasteiger partial charge is 0.162 e. The van der Waals surface area contributed by atoms with Crippen molar-refractivity contribution >= 4 is 18.7 Å². The van der Waals surface area contributed by atoms with Gasteiger partial charge in [-0.3, -0.25) is 0 Å². The third kappa shape index (κ3) is 2.20. The maximum atomic E-state index is 11.8. The lowest BCUT2D eigenvalue weighted by Gasteiger charge is -2.18. The van der Waals surface area contributed by atoms with E-state index in [4.69, 9.17) is 0 Å². The summed E-state index contributed by atoms with van der Waals surface area (Å²) in [5, 5.41) is 1.48. The van der Waals surface area contributed by atoms with Crippen LogP contribution in [0.15, 0.2) is 42.5 Å². The van der Waals surface area contributed by atoms with Gasteiger partial charge in [0.2, 0.25) is 0 Å². The monoisotopic (exact) mass is 204 g/mol. The molecule has 0 saturated heterocycles. The highest BCUT2D eigenvalue weighted by atomic mass is 28.3. The number of carbonyl (C=O) groups excluding carboxylic acids is 1. The molecule has 0 aliphatic carbocycles. The van der Waals surface area contributed by atoms with E-state index < -0.39 is 8.07 Å². The molecule has 0 bridgehead atoms. The fourth-order valence-electron chi connectivity index (χ4n) is 1.36. The van der Waals surface area contributed by atoms with Crippen molar-refractivity contribution in [3.63, 3.8) is 0 Å². The van der Waals surface area contributed by atoms with Crippen LogP contribution in [0.4, 0.5) is 0 Å². The van der Waals surface area contributed by atoms with Crippen LogP contribution in [0.25, 0.3) is 0 Å². The molecule has 0 amide bonds. The van der Waals surface area contributed by atoms with Gasteiger partial charge in [-0.05, 0) is 13.0 Å². The summed E-state index contributed by atoms with van der Waals surface area (Å²) in [6.45, 7) is 6.06. The topological polar surface area (TPSA) is 17.1 Å². The Morgan fingerprint density at radius 3 is 2.29 bits per heavy atom. The standard InChI is InChI=1S/C12H16OSi/c1-4-8-12(13)14(2,3)11-9-6-5-7-10-11/h4-10H,1-3H3/b8-4+. The molecular weight excluding hydrogens is 188 g/mol. The first kappa shape index (κ1) is 10.9. The second-order valence-corrected chi connectivity index (χ2v) is 8.18. The Labute approximate surface area is 86.5 Å². The van der Waals surface area contributed by atoms with Gasteiger partial charge in [0, 0.05) is 0 Å². The van der Waals surface area contributed by atoms with Crippen LogP contribution < -0.4 is 5.19 Å². The highest BCUT2D eigenvalue weighted by Crippen LogP contribution is 2.05. The molecule has 1 nitrogen and oxygen atoms in total. The molecule has 0 fully saturated rings. The van der Waals surface area contributed by atoms with Gasteiger partial charge < -0.3 is 4.79 Å². The Morgan fingerprint density at radius 1 is 1.21 bits per heavy atom. The minimum atomic E-state index is -1.93. The van der Waals surface area contributed by atoms with Crippen LogP contribution in [0.2, 0.25) is 13.1 Å². The fraction of sp³-hybridized carbons (Fsp3) is 0.250. The molecule has 0 N–H and O–H groups in total. The lowest BCUT2D eigenvalue weighted by Crippen LogP contribution is -2.48. The molecule has 2 heteroatoms. The lowest BCUT2D eigenvalue weighted by molar-refractivity contribution is -0.108. The Morgan fingerprint density at radius 2 is 1.79 bits per heavy atom. The van der Waals surface area contributed by atoms with Crippen LogP contribution in [0.3, 0.4) is 0 Å². The van der Waals surface area contributed by atoms with Crippen molar-refractivity contribution in [3.8, 4) is 0 Å². The molecule has 0 radical (unpaired) electrons. The SMILES string of the molecule is C/C=C/C(=O)[Si](C)(C)c1ccccc1. The van der Waals surface area contributed by atoms with Crippen molar-refractivity contribution in [1.82, 2.24) is 0 Å². The number of rotatable bonds is 3. The summed E-state index contributed by atoms with van der Waals surface area (Å²) < 4.78 is 0. The zero-order chi connectivity index (χ0) is 10.6. The first-order valence-corrected chi connectivity index (χ1v) is 7.81. The summed E-state index contributed by atoms with van der Waals surface area (Å²) in [5.41, 5.74) is 0. The van der Waals surface area contributed by atoms with E-state index in [0.29, 0.717) is 0 Å². The van der Waals surface area contributed by atoms with E-state index >= 15 is 0 Å². The quantitative estimate of drug-likeness (QED) is 0.545. The summed E-state index contributed by atoms with van der Waals surface area (Å²) in [4.78, 5) is 11.8. The summed E-state index contributed by atoms with van der Waals surface area (Å²) in [6, 6.07) is 10.1. The molecule has 0 spiro atoms. The van der Waals surface area contributed by atoms with E-state index in [9.17, 15) is 4.79 Å². The van der Waals surface area contributed by atoms with Crippen LogP contribution >= 0.6 is 0 Å². The van der Waals surface area contributed by atoms with E-state index in [1.165, 1.54) is 5.19 Å². The highest BCUT2D eigenvalue weighted by Gasteiger charge is 2.30. The van der Waals surface area contributed by atoms with Gasteiger partial charge in [0.05, 0.1) is 0 Å². The third-order valence-corrected chi connectivity index (χ3v) is 5.60. The van der Waals surface area contributed by atoms with Gasteiger partial charge in [0.15, 0.2) is 8.07 Å². The molecule has 0 aliphatic rings. The Bertz CT molecular complexity index is 339. The predicted octanol–water partition coefficient (Wildman–Crippen LogP) is 2.29. The summed E-state index contributed by atoms with van der Waals surface area (Å²) in [7, 11) is -1.93. The average molecular weight is 204 g/mol. The molecule has 0 saturated carbocycles. The van der Waals surface area contributed by atoms with Gasteiger partial charge in [-0.15, -0.1) is 0 Å². The second-order valence-electron chi connectivity index (χ2n) is 3.86. The largest absolute Gasteiger partial charge is 0.300 e. The molecule has 1 aromatic carbocycles. The first-order valence-electron chi connectivity index (χ1n) is 4.81. The normalized spacial score (nSPS) is 11.9. The number of carbonyl (C=O) groups is 1. The second kappa shape index (κ2) is 4.38. The van der Waals surface area contributed by atoms with Gasteiger partial charge >= 0.3 is 0 Å². The van der Waals surface area contributed by atoms with E-state index in [1.54, 1.807) is 6.08 Å². The maximum Gasteiger partial charge on any atom is 0.162 e. The summed E-state index contributed by atoms with van der Waals surface area (Å²) >= 11 is 0. The lowest BCUT2D eigenvalue weighted by atomic mass is 10.4. The third-order valence-electron chi connectivity index (χ3n) is 2.43. The van der Waals surface area contributed by atoms with Crippen molar-refractivity contribution in [1.29, 1.82) is 0 Å². The minimum Gasteiger partial charge on any atom is -0.300 e. The molecular formula is C12H16OSi. The van der Waals surface area contributed by atoms with Crippen LogP contribution in [0, 0.1) is 0 Å². The molecule has 0 heterocycles. The first-order chi connectivity index (χ1) is 6.59. The summed E-state index contributed by atoms with van der Waals surface area (Å²) in [6.07, 6.45) is 3.51. The van der Waals surface area contributed by atoms with Crippen molar-refractivity contribution in [3.05, 3.63) is 42.5 Å². The van der Waals surface area contributed by atoms with Gasteiger partial charge in [-0.1, -0.05) is 54.7 Å². The molecule has 0 aromatic heterocycles. The zero-order valence-electron chi connectivity index (χ0n) is 8.95. The van der Waals surface area contributed by atoms with Crippen molar-refractivity contribution in [2.45, 2.75) is 20.0 Å². The molecule has 0 atom stereocenters. The number of allylic oxidation sites excluding steroid dienone is 2. The van der Waals surface area contributed by atoms with Gasteiger partial charge in [-0.25, -0.2) is 0 Å².